The number of nitrogens with one attached hydrogen (secondary N) is 1. The Kier molecular flexibility index (Phi) is 4.93. The molecule has 0 bridgehead atoms. The van der Waals surface area contributed by atoms with Crippen LogP contribution >= 0.6 is 0 Å². The zero-order valence-corrected chi connectivity index (χ0v) is 18.4. The van der Waals surface area contributed by atoms with Crippen molar-refractivity contribution in [2.45, 2.75) is 63.5 Å². The van der Waals surface area contributed by atoms with E-state index in [9.17, 15) is 0 Å². The molecule has 2 saturated carbocycles. The van der Waals surface area contributed by atoms with Gasteiger partial charge < -0.3 is 15.6 Å². The van der Waals surface area contributed by atoms with E-state index < -0.39 is 0 Å². The molecule has 2 atom stereocenters. The molecule has 0 amide bonds. The molecule has 32 heavy (non-hydrogen) atoms. The van der Waals surface area contributed by atoms with Crippen molar-refractivity contribution in [2.24, 2.45) is 5.92 Å². The normalized spacial score (nSPS) is 21.2. The van der Waals surface area contributed by atoms with Crippen LogP contribution in [0.3, 0.4) is 0 Å². The fourth-order valence-electron chi connectivity index (χ4n) is 5.38. The number of aryl methyl sites for hydroxylation is 1. The molecule has 164 valence electrons. The number of nitrogens with zero attached hydrogens (tertiary/aromatic N) is 4. The molecule has 2 aliphatic rings. The maximum atomic E-state index is 6.02. The molecule has 0 spiro atoms. The maximum Gasteiger partial charge on any atom is 0.145 e. The summed E-state index contributed by atoms with van der Waals surface area (Å²) >= 11 is 0. The molecular weight excluding hydrogens is 396 g/mol. The summed E-state index contributed by atoms with van der Waals surface area (Å²) in [7, 11) is 0. The van der Waals surface area contributed by atoms with Crippen molar-refractivity contribution < 1.29 is 0 Å². The van der Waals surface area contributed by atoms with E-state index in [1.165, 1.54) is 55.9 Å². The number of hydrogen-bond acceptors (Lipinski definition) is 5. The number of nitrogens with two attached hydrogens (primary N) is 1. The molecule has 6 heteroatoms. The van der Waals surface area contributed by atoms with Crippen molar-refractivity contribution in [1.29, 1.82) is 0 Å². The van der Waals surface area contributed by atoms with Gasteiger partial charge in [0.1, 0.15) is 23.6 Å². The summed E-state index contributed by atoms with van der Waals surface area (Å²) in [5.41, 5.74) is 9.48. The molecule has 6 nitrogen and oxygen atoms in total. The Morgan fingerprint density at radius 2 is 1.94 bits per heavy atom. The molecule has 6 rings (SSSR count). The van der Waals surface area contributed by atoms with E-state index in [2.05, 4.69) is 56.4 Å². The third-order valence-electron chi connectivity index (χ3n) is 7.50. The summed E-state index contributed by atoms with van der Waals surface area (Å²) < 4.78 is 2.31. The van der Waals surface area contributed by atoms with Gasteiger partial charge in [0.05, 0.1) is 10.9 Å². The Balaban J connectivity index is 1.11. The second-order valence-corrected chi connectivity index (χ2v) is 9.59. The molecule has 3 heterocycles. The van der Waals surface area contributed by atoms with E-state index in [0.29, 0.717) is 17.9 Å². The Labute approximate surface area is 188 Å². The average Bonchev–Trinajstić information content (AvgIpc) is 3.42. The second kappa shape index (κ2) is 8.08. The minimum absolute atomic E-state index is 0.505. The second-order valence-electron chi connectivity index (χ2n) is 9.59. The van der Waals surface area contributed by atoms with Gasteiger partial charge in [0, 0.05) is 23.7 Å². The fraction of sp³-hybridized carbons (Fsp3) is 0.423. The van der Waals surface area contributed by atoms with Gasteiger partial charge in [-0.1, -0.05) is 12.1 Å². The van der Waals surface area contributed by atoms with Crippen molar-refractivity contribution in [2.75, 3.05) is 11.1 Å². The summed E-state index contributed by atoms with van der Waals surface area (Å²) in [6, 6.07) is 14.2. The van der Waals surface area contributed by atoms with Gasteiger partial charge >= 0.3 is 0 Å². The Morgan fingerprint density at radius 3 is 2.81 bits per heavy atom. The average molecular weight is 427 g/mol. The lowest BCUT2D eigenvalue weighted by Crippen LogP contribution is -2.27. The smallest absolute Gasteiger partial charge is 0.145 e. The lowest BCUT2D eigenvalue weighted by molar-refractivity contribution is 0.444. The molecule has 2 aliphatic carbocycles. The number of anilines is 2. The predicted molar refractivity (Wildman–Crippen MR) is 130 cm³/mol. The summed E-state index contributed by atoms with van der Waals surface area (Å²) in [5.74, 6) is 2.33. The third kappa shape index (κ3) is 3.68. The largest absolute Gasteiger partial charge is 0.383 e. The Bertz CT molecular complexity index is 1260. The minimum atomic E-state index is 0.505. The van der Waals surface area contributed by atoms with E-state index >= 15 is 0 Å². The molecule has 0 aliphatic heterocycles. The lowest BCUT2D eigenvalue weighted by Gasteiger charge is -2.26. The van der Waals surface area contributed by atoms with Crippen LogP contribution in [-0.4, -0.2) is 25.6 Å². The van der Waals surface area contributed by atoms with Gasteiger partial charge in [-0.2, -0.15) is 0 Å². The minimum Gasteiger partial charge on any atom is -0.383 e. The van der Waals surface area contributed by atoms with Gasteiger partial charge in [-0.25, -0.2) is 15.0 Å². The van der Waals surface area contributed by atoms with Crippen LogP contribution in [0.2, 0.25) is 0 Å². The van der Waals surface area contributed by atoms with Crippen molar-refractivity contribution in [3.63, 3.8) is 0 Å². The first-order valence-corrected chi connectivity index (χ1v) is 12.0. The van der Waals surface area contributed by atoms with Crippen molar-refractivity contribution in [1.82, 2.24) is 19.5 Å². The number of pyridine rings is 1. The molecule has 3 aromatic heterocycles. The maximum absolute atomic E-state index is 6.02. The molecule has 2 unspecified atom stereocenters. The number of rotatable bonds is 6. The predicted octanol–water partition coefficient (Wildman–Crippen LogP) is 5.50. The van der Waals surface area contributed by atoms with E-state index in [1.54, 1.807) is 6.33 Å². The van der Waals surface area contributed by atoms with E-state index in [-0.39, 0.29) is 0 Å². The van der Waals surface area contributed by atoms with Gasteiger partial charge in [-0.15, -0.1) is 0 Å². The number of hydrogen-bond donors (Lipinski definition) is 2. The molecule has 3 N–H and O–H groups in total. The van der Waals surface area contributed by atoms with Crippen molar-refractivity contribution in [3.05, 3.63) is 54.5 Å². The zero-order valence-electron chi connectivity index (χ0n) is 18.4. The summed E-state index contributed by atoms with van der Waals surface area (Å²) in [6.07, 6.45) is 13.6. The third-order valence-corrected chi connectivity index (χ3v) is 7.50. The SMILES string of the molecule is Nc1ncnc2c1ccn2C1CCC(CCc2ccc3ccc(NC4CCC4)nc3c2)C1. The monoisotopic (exact) mass is 426 g/mol. The summed E-state index contributed by atoms with van der Waals surface area (Å²) in [6.45, 7) is 0. The molecule has 2 fully saturated rings. The van der Waals surface area contributed by atoms with Crippen LogP contribution in [-0.2, 0) is 6.42 Å². The van der Waals surface area contributed by atoms with Gasteiger partial charge in [-0.05, 0) is 87.1 Å². The Hall–Kier alpha value is -3.15. The van der Waals surface area contributed by atoms with Crippen LogP contribution in [0.4, 0.5) is 11.6 Å². The van der Waals surface area contributed by atoms with Crippen molar-refractivity contribution >= 4 is 33.6 Å². The van der Waals surface area contributed by atoms with Crippen molar-refractivity contribution in [3.8, 4) is 0 Å². The number of aromatic nitrogens is 4. The first-order chi connectivity index (χ1) is 15.7. The van der Waals surface area contributed by atoms with Gasteiger partial charge in [-0.3, -0.25) is 0 Å². The lowest BCUT2D eigenvalue weighted by atomic mass is 9.93. The van der Waals surface area contributed by atoms with Gasteiger partial charge in [0.15, 0.2) is 0 Å². The highest BCUT2D eigenvalue weighted by molar-refractivity contribution is 5.86. The molecular formula is C26H30N6. The van der Waals surface area contributed by atoms with Crippen LogP contribution in [0.5, 0.6) is 0 Å². The highest BCUT2D eigenvalue weighted by atomic mass is 15.1. The van der Waals surface area contributed by atoms with Gasteiger partial charge in [0.25, 0.3) is 0 Å². The standard InChI is InChI=1S/C26H30N6/c27-25-22-12-13-32(26(22)29-16-28-25)21-10-7-17(14-21)4-5-18-6-8-19-9-11-24(31-23(19)15-18)30-20-2-1-3-20/h6,8-9,11-13,15-17,20-21H,1-5,7,10,14H2,(H,30,31)(H2,27,28,29). The van der Waals surface area contributed by atoms with E-state index in [4.69, 9.17) is 10.7 Å². The summed E-state index contributed by atoms with van der Waals surface area (Å²) in [5, 5.41) is 5.75. The highest BCUT2D eigenvalue weighted by Crippen LogP contribution is 2.39. The molecule has 0 saturated heterocycles. The Morgan fingerprint density at radius 1 is 1.03 bits per heavy atom. The van der Waals surface area contributed by atoms with E-state index in [1.807, 2.05) is 6.07 Å². The van der Waals surface area contributed by atoms with E-state index in [0.717, 1.165) is 34.7 Å². The van der Waals surface area contributed by atoms with Crippen LogP contribution in [0.15, 0.2) is 48.9 Å². The molecule has 0 radical (unpaired) electrons. The quantitative estimate of drug-likeness (QED) is 0.425. The van der Waals surface area contributed by atoms with Crippen LogP contribution in [0.1, 0.15) is 56.6 Å². The zero-order chi connectivity index (χ0) is 21.5. The van der Waals surface area contributed by atoms with Gasteiger partial charge in [0.2, 0.25) is 0 Å². The van der Waals surface area contributed by atoms with Crippen LogP contribution < -0.4 is 11.1 Å². The molecule has 4 aromatic rings. The first kappa shape index (κ1) is 19.5. The number of nitrogen functional groups attached to an aromatic ring is 1. The molecule has 1 aromatic carbocycles. The van der Waals surface area contributed by atoms with Crippen LogP contribution in [0.25, 0.3) is 21.9 Å². The first-order valence-electron chi connectivity index (χ1n) is 12.0. The number of fused-ring (bicyclic) bond motifs is 2. The fourth-order valence-corrected chi connectivity index (χ4v) is 5.38. The number of benzene rings is 1. The van der Waals surface area contributed by atoms with Crippen LogP contribution in [0, 0.1) is 5.92 Å². The topological polar surface area (TPSA) is 81.6 Å². The summed E-state index contributed by atoms with van der Waals surface area (Å²) in [4.78, 5) is 13.5. The highest BCUT2D eigenvalue weighted by Gasteiger charge is 2.27.